The van der Waals surface area contributed by atoms with Crippen molar-refractivity contribution >= 4 is 40.7 Å². The van der Waals surface area contributed by atoms with E-state index in [1.165, 1.54) is 9.80 Å². The highest BCUT2D eigenvalue weighted by atomic mass is 32.1. The molecule has 1 aromatic heterocycles. The molecule has 3 rings (SSSR count). The Morgan fingerprint density at radius 3 is 2.36 bits per heavy atom. The largest absolute Gasteiger partial charge is 0.481 e. The fourth-order valence-corrected chi connectivity index (χ4v) is 5.48. The second-order valence-electron chi connectivity index (χ2n) is 11.1. The van der Waals surface area contributed by atoms with Crippen LogP contribution in [0.2, 0.25) is 0 Å². The Labute approximate surface area is 233 Å². The molecule has 0 aliphatic carbocycles. The van der Waals surface area contributed by atoms with Crippen molar-refractivity contribution in [2.45, 2.75) is 78.0 Å². The minimum Gasteiger partial charge on any atom is -0.481 e. The van der Waals surface area contributed by atoms with Gasteiger partial charge in [-0.2, -0.15) is 0 Å². The van der Waals surface area contributed by atoms with Crippen molar-refractivity contribution in [3.8, 4) is 10.4 Å². The predicted molar refractivity (Wildman–Crippen MR) is 149 cm³/mol. The zero-order valence-corrected chi connectivity index (χ0v) is 24.0. The van der Waals surface area contributed by atoms with Crippen molar-refractivity contribution in [3.63, 3.8) is 0 Å². The van der Waals surface area contributed by atoms with Gasteiger partial charge in [-0.1, -0.05) is 32.9 Å². The van der Waals surface area contributed by atoms with E-state index in [-0.39, 0.29) is 37.6 Å². The molecule has 0 spiro atoms. The highest BCUT2D eigenvalue weighted by Crippen LogP contribution is 2.31. The van der Waals surface area contributed by atoms with Gasteiger partial charge in [0.15, 0.2) is 0 Å². The molecular weight excluding hydrogens is 520 g/mol. The van der Waals surface area contributed by atoms with Crippen LogP contribution >= 0.6 is 11.3 Å². The summed E-state index contributed by atoms with van der Waals surface area (Å²) < 4.78 is 0. The monoisotopic (exact) mass is 558 g/mol. The molecule has 1 aliphatic rings. The molecule has 3 N–H and O–H groups in total. The molecule has 39 heavy (non-hydrogen) atoms. The quantitative estimate of drug-likeness (QED) is 0.380. The van der Waals surface area contributed by atoms with Crippen LogP contribution in [-0.4, -0.2) is 75.6 Å². The van der Waals surface area contributed by atoms with Crippen molar-refractivity contribution < 1.29 is 29.4 Å². The molecule has 11 heteroatoms. The number of carbonyl (C=O) groups is 4. The summed E-state index contributed by atoms with van der Waals surface area (Å²) in [6.07, 6.45) is 0.0680. The van der Waals surface area contributed by atoms with Crippen LogP contribution in [0.4, 0.5) is 5.69 Å². The minimum atomic E-state index is -0.919. The average Bonchev–Trinajstić information content (AvgIpc) is 3.48. The van der Waals surface area contributed by atoms with Crippen LogP contribution in [0.25, 0.3) is 10.4 Å². The van der Waals surface area contributed by atoms with Crippen LogP contribution < -0.4 is 10.2 Å². The Bertz CT molecular complexity index is 1190. The fourth-order valence-electron chi connectivity index (χ4n) is 4.67. The normalized spacial score (nSPS) is 18.1. The lowest BCUT2D eigenvalue weighted by Gasteiger charge is -2.36. The highest BCUT2D eigenvalue weighted by molar-refractivity contribution is 7.13. The number of likely N-dealkylation sites (N-methyl/N-ethyl adjacent to an activating group) is 1. The number of hydrogen-bond donors (Lipinski definition) is 3. The Balaban J connectivity index is 1.73. The average molecular weight is 559 g/mol. The first-order chi connectivity index (χ1) is 18.3. The number of aliphatic carboxylic acids is 1. The molecule has 0 unspecified atom stereocenters. The van der Waals surface area contributed by atoms with Gasteiger partial charge in [0.1, 0.15) is 12.1 Å². The van der Waals surface area contributed by atoms with E-state index in [0.29, 0.717) is 18.5 Å². The van der Waals surface area contributed by atoms with Gasteiger partial charge in [-0.3, -0.25) is 19.2 Å². The summed E-state index contributed by atoms with van der Waals surface area (Å²) in [5.74, 6) is -2.03. The number of benzene rings is 1. The van der Waals surface area contributed by atoms with Gasteiger partial charge in [0.25, 0.3) is 0 Å². The molecule has 0 radical (unpaired) electrons. The lowest BCUT2D eigenvalue weighted by atomic mass is 9.85. The molecule has 0 saturated carbocycles. The molecule has 3 atom stereocenters. The van der Waals surface area contributed by atoms with Gasteiger partial charge in [-0.15, -0.1) is 11.3 Å². The van der Waals surface area contributed by atoms with Crippen LogP contribution in [0.5, 0.6) is 0 Å². The Kier molecular flexibility index (Phi) is 9.84. The standard InChI is InChI=1S/C28H38N4O6S/c1-17-24(39-16-29-17)18-10-12-19(13-11-18)31(5)26(37)21-14-20(33)15-32(21)27(38)25(28(2,3)4)30-22(34)8-6-7-9-23(35)36/h10-13,16,20-21,25,33H,6-9,14-15H2,1-5H3,(H,30,34)(H,35,36)/t20-,21+,25-/m1/s1. The number of amides is 3. The zero-order chi connectivity index (χ0) is 28.9. The van der Waals surface area contributed by atoms with Crippen LogP contribution in [0.15, 0.2) is 29.8 Å². The maximum Gasteiger partial charge on any atom is 0.303 e. The van der Waals surface area contributed by atoms with E-state index in [4.69, 9.17) is 5.11 Å². The van der Waals surface area contributed by atoms with Gasteiger partial charge in [0.2, 0.25) is 17.7 Å². The number of β-amino-alcohol motifs (C(OH)–C–C–N with tert-alkyl or cyclic N) is 1. The molecule has 1 aliphatic heterocycles. The highest BCUT2D eigenvalue weighted by Gasteiger charge is 2.45. The van der Waals surface area contributed by atoms with E-state index in [0.717, 1.165) is 16.1 Å². The molecule has 1 fully saturated rings. The number of thiazole rings is 1. The van der Waals surface area contributed by atoms with E-state index in [1.54, 1.807) is 23.9 Å². The Morgan fingerprint density at radius 1 is 1.15 bits per heavy atom. The maximum absolute atomic E-state index is 13.7. The second kappa shape index (κ2) is 12.7. The number of carboxylic acid groups (broad SMARTS) is 1. The van der Waals surface area contributed by atoms with Crippen molar-refractivity contribution in [2.75, 3.05) is 18.5 Å². The molecule has 1 aromatic carbocycles. The SMILES string of the molecule is Cc1ncsc1-c1ccc(N(C)C(=O)[C@@H]2C[C@@H](O)CN2C(=O)[C@@H](NC(=O)CCCCC(=O)O)C(C)(C)C)cc1. The third-order valence-corrected chi connectivity index (χ3v) is 7.88. The van der Waals surface area contributed by atoms with E-state index < -0.39 is 35.5 Å². The van der Waals surface area contributed by atoms with Gasteiger partial charge >= 0.3 is 5.97 Å². The predicted octanol–water partition coefficient (Wildman–Crippen LogP) is 3.22. The number of nitrogens with zero attached hydrogens (tertiary/aromatic N) is 3. The third kappa shape index (κ3) is 7.63. The topological polar surface area (TPSA) is 140 Å². The summed E-state index contributed by atoms with van der Waals surface area (Å²) in [7, 11) is 1.64. The van der Waals surface area contributed by atoms with Gasteiger partial charge < -0.3 is 25.3 Å². The van der Waals surface area contributed by atoms with Crippen LogP contribution in [0, 0.1) is 12.3 Å². The lowest BCUT2D eigenvalue weighted by Crippen LogP contribution is -2.57. The number of aliphatic hydroxyl groups is 1. The first-order valence-electron chi connectivity index (χ1n) is 13.1. The van der Waals surface area contributed by atoms with Crippen molar-refractivity contribution in [3.05, 3.63) is 35.5 Å². The number of aliphatic hydroxyl groups excluding tert-OH is 1. The number of anilines is 1. The zero-order valence-electron chi connectivity index (χ0n) is 23.1. The van der Waals surface area contributed by atoms with Crippen LogP contribution in [0.3, 0.4) is 0 Å². The van der Waals surface area contributed by atoms with Gasteiger partial charge in [0.05, 0.1) is 22.2 Å². The lowest BCUT2D eigenvalue weighted by molar-refractivity contribution is -0.143. The van der Waals surface area contributed by atoms with Crippen LogP contribution in [0.1, 0.15) is 58.6 Å². The summed E-state index contributed by atoms with van der Waals surface area (Å²) in [5, 5.41) is 22.0. The van der Waals surface area contributed by atoms with Crippen LogP contribution in [-0.2, 0) is 19.2 Å². The number of carbonyl (C=O) groups excluding carboxylic acids is 3. The van der Waals surface area contributed by atoms with Crippen molar-refractivity contribution in [1.82, 2.24) is 15.2 Å². The molecule has 1 saturated heterocycles. The first kappa shape index (κ1) is 30.2. The first-order valence-corrected chi connectivity index (χ1v) is 13.9. The molecule has 10 nitrogen and oxygen atoms in total. The number of rotatable bonds is 10. The Hall–Kier alpha value is -3.31. The van der Waals surface area contributed by atoms with E-state index in [1.807, 2.05) is 52.0 Å². The number of likely N-dealkylation sites (tertiary alicyclic amines) is 1. The van der Waals surface area contributed by atoms with Gasteiger partial charge in [-0.05, 0) is 42.9 Å². The second-order valence-corrected chi connectivity index (χ2v) is 11.9. The van der Waals surface area contributed by atoms with E-state index >= 15 is 0 Å². The van der Waals surface area contributed by atoms with Crippen molar-refractivity contribution in [1.29, 1.82) is 0 Å². The number of carboxylic acids is 1. The van der Waals surface area contributed by atoms with E-state index in [9.17, 15) is 24.3 Å². The smallest absolute Gasteiger partial charge is 0.303 e. The van der Waals surface area contributed by atoms with Gasteiger partial charge in [-0.25, -0.2) is 4.98 Å². The number of hydrogen-bond acceptors (Lipinski definition) is 7. The molecule has 2 heterocycles. The summed E-state index contributed by atoms with van der Waals surface area (Å²) in [6, 6.07) is 5.73. The Morgan fingerprint density at radius 2 is 1.79 bits per heavy atom. The molecule has 3 amide bonds. The molecule has 0 bridgehead atoms. The maximum atomic E-state index is 13.7. The van der Waals surface area contributed by atoms with E-state index in [2.05, 4.69) is 10.3 Å². The molecule has 2 aromatic rings. The summed E-state index contributed by atoms with van der Waals surface area (Å²) in [4.78, 5) is 58.8. The number of unbranched alkanes of at least 4 members (excludes halogenated alkanes) is 1. The fraction of sp³-hybridized carbons (Fsp3) is 0.536. The summed E-state index contributed by atoms with van der Waals surface area (Å²) in [6.45, 7) is 7.40. The van der Waals surface area contributed by atoms with Gasteiger partial charge in [0, 0.05) is 38.5 Å². The number of aromatic nitrogens is 1. The molecular formula is C28H38N4O6S. The minimum absolute atomic E-state index is 0.00622. The summed E-state index contributed by atoms with van der Waals surface area (Å²) in [5.41, 5.74) is 3.72. The van der Waals surface area contributed by atoms with Crippen molar-refractivity contribution in [2.24, 2.45) is 5.41 Å². The number of nitrogens with one attached hydrogen (secondary N) is 1. The third-order valence-electron chi connectivity index (χ3n) is 6.90. The molecule has 212 valence electrons. The summed E-state index contributed by atoms with van der Waals surface area (Å²) >= 11 is 1.55. The number of aryl methyl sites for hydroxylation is 1.